The molecule has 2 rings (SSSR count). The lowest BCUT2D eigenvalue weighted by molar-refractivity contribution is -0.192. The number of nitrogens with zero attached hydrogens (tertiary/aromatic N) is 1. The molecule has 0 radical (unpaired) electrons. The minimum Gasteiger partial charge on any atom is -0.475 e. The number of alkyl halides is 3. The van der Waals surface area contributed by atoms with Crippen LogP contribution in [0.25, 0.3) is 0 Å². The highest BCUT2D eigenvalue weighted by atomic mass is 35.5. The highest BCUT2D eigenvalue weighted by molar-refractivity contribution is 6.30. The summed E-state index contributed by atoms with van der Waals surface area (Å²) in [6, 6.07) is 8.26. The van der Waals surface area contributed by atoms with Crippen LogP contribution in [-0.4, -0.2) is 66.8 Å². The Hall–Kier alpha value is -1.84. The van der Waals surface area contributed by atoms with E-state index in [2.05, 4.69) is 22.5 Å². The summed E-state index contributed by atoms with van der Waals surface area (Å²) in [5.41, 5.74) is 1.15. The Balaban J connectivity index is 0.000000445. The number of benzene rings is 1. The van der Waals surface area contributed by atoms with Crippen LogP contribution < -0.4 is 10.6 Å². The van der Waals surface area contributed by atoms with E-state index in [1.807, 2.05) is 24.3 Å². The lowest BCUT2D eigenvalue weighted by atomic mass is 10.1. The van der Waals surface area contributed by atoms with Crippen molar-refractivity contribution in [1.29, 1.82) is 0 Å². The molecule has 3 N–H and O–H groups in total. The first-order valence-corrected chi connectivity index (χ1v) is 8.77. The fraction of sp³-hybridized carbons (Fsp3) is 0.529. The van der Waals surface area contributed by atoms with Crippen LogP contribution in [0.4, 0.5) is 13.2 Å². The zero-order valence-corrected chi connectivity index (χ0v) is 15.6. The lowest BCUT2D eigenvalue weighted by Crippen LogP contribution is -2.58. The number of carboxylic acid groups (broad SMARTS) is 1. The van der Waals surface area contributed by atoms with Crippen LogP contribution in [0.3, 0.4) is 0 Å². The second-order valence-electron chi connectivity index (χ2n) is 5.91. The van der Waals surface area contributed by atoms with Crippen molar-refractivity contribution in [3.05, 3.63) is 34.9 Å². The van der Waals surface area contributed by atoms with E-state index in [-0.39, 0.29) is 5.91 Å². The summed E-state index contributed by atoms with van der Waals surface area (Å²) in [6.07, 6.45) is -4.27. The van der Waals surface area contributed by atoms with E-state index in [1.54, 1.807) is 0 Å². The highest BCUT2D eigenvalue weighted by Crippen LogP contribution is 2.13. The van der Waals surface area contributed by atoms with Crippen LogP contribution >= 0.6 is 11.6 Å². The SMILES string of the molecule is CCN(CC(=O)NCCc1cccc(Cl)c1)C1CNC1.O=C(O)C(F)(F)F. The Labute approximate surface area is 160 Å². The molecule has 10 heteroatoms. The number of carbonyl (C=O) groups is 2. The Bertz CT molecular complexity index is 625. The molecule has 0 unspecified atom stereocenters. The van der Waals surface area contributed by atoms with E-state index < -0.39 is 12.1 Å². The standard InChI is InChI=1S/C15H22ClN3O.C2HF3O2/c1-2-19(14-9-17-10-14)11-15(20)18-7-6-12-4-3-5-13(16)8-12;3-2(4,5)1(6)7/h3-5,8,14,17H,2,6-7,9-11H2,1H3,(H,18,20);(H,6,7). The lowest BCUT2D eigenvalue weighted by Gasteiger charge is -2.37. The van der Waals surface area contributed by atoms with Crippen molar-refractivity contribution in [2.45, 2.75) is 25.6 Å². The first-order valence-electron chi connectivity index (χ1n) is 8.39. The molecule has 0 saturated carbocycles. The van der Waals surface area contributed by atoms with Gasteiger partial charge in [0.1, 0.15) is 0 Å². The number of hydrogen-bond donors (Lipinski definition) is 3. The van der Waals surface area contributed by atoms with E-state index >= 15 is 0 Å². The number of carboxylic acids is 1. The smallest absolute Gasteiger partial charge is 0.475 e. The van der Waals surface area contributed by atoms with Crippen LogP contribution in [-0.2, 0) is 16.0 Å². The van der Waals surface area contributed by atoms with Gasteiger partial charge in [-0.15, -0.1) is 0 Å². The van der Waals surface area contributed by atoms with Crippen LogP contribution in [0.2, 0.25) is 5.02 Å². The number of carbonyl (C=O) groups excluding carboxylic acids is 1. The Morgan fingerprint density at radius 3 is 2.44 bits per heavy atom. The van der Waals surface area contributed by atoms with Gasteiger partial charge in [-0.05, 0) is 30.7 Å². The first-order chi connectivity index (χ1) is 12.6. The normalized spacial score (nSPS) is 14.1. The summed E-state index contributed by atoms with van der Waals surface area (Å²) < 4.78 is 31.7. The molecule has 1 aliphatic heterocycles. The zero-order chi connectivity index (χ0) is 20.4. The molecule has 1 fully saturated rings. The number of aliphatic carboxylic acids is 1. The molecule has 1 aromatic rings. The fourth-order valence-corrected chi connectivity index (χ4v) is 2.52. The number of likely N-dealkylation sites (N-methyl/N-ethyl adjacent to an activating group) is 1. The number of nitrogens with one attached hydrogen (secondary N) is 2. The van der Waals surface area contributed by atoms with Crippen molar-refractivity contribution in [1.82, 2.24) is 15.5 Å². The molecule has 152 valence electrons. The molecule has 1 aromatic carbocycles. The average Bonchev–Trinajstić information content (AvgIpc) is 2.52. The molecule has 1 amide bonds. The maximum atomic E-state index is 11.9. The van der Waals surface area contributed by atoms with Gasteiger partial charge in [0.05, 0.1) is 6.54 Å². The quantitative estimate of drug-likeness (QED) is 0.641. The predicted molar refractivity (Wildman–Crippen MR) is 95.8 cm³/mol. The Morgan fingerprint density at radius 2 is 2.00 bits per heavy atom. The van der Waals surface area contributed by atoms with Crippen molar-refractivity contribution in [2.24, 2.45) is 0 Å². The van der Waals surface area contributed by atoms with Gasteiger partial charge >= 0.3 is 12.1 Å². The van der Waals surface area contributed by atoms with Crippen LogP contribution in [0, 0.1) is 0 Å². The van der Waals surface area contributed by atoms with Crippen LogP contribution in [0.15, 0.2) is 24.3 Å². The average molecular weight is 410 g/mol. The molecule has 0 spiro atoms. The monoisotopic (exact) mass is 409 g/mol. The molecule has 0 atom stereocenters. The van der Waals surface area contributed by atoms with E-state index in [9.17, 15) is 18.0 Å². The third-order valence-corrected chi connectivity index (χ3v) is 4.13. The van der Waals surface area contributed by atoms with Gasteiger partial charge in [0.2, 0.25) is 5.91 Å². The maximum Gasteiger partial charge on any atom is 0.490 e. The van der Waals surface area contributed by atoms with Crippen molar-refractivity contribution in [3.8, 4) is 0 Å². The fourth-order valence-electron chi connectivity index (χ4n) is 2.31. The molecule has 0 bridgehead atoms. The van der Waals surface area contributed by atoms with Crippen molar-refractivity contribution >= 4 is 23.5 Å². The number of halogens is 4. The third-order valence-electron chi connectivity index (χ3n) is 3.90. The summed E-state index contributed by atoms with van der Waals surface area (Å²) in [4.78, 5) is 23.0. The second kappa shape index (κ2) is 11.1. The van der Waals surface area contributed by atoms with E-state index in [0.29, 0.717) is 19.1 Å². The molecular formula is C17H23ClF3N3O3. The summed E-state index contributed by atoms with van der Waals surface area (Å²) in [7, 11) is 0. The summed E-state index contributed by atoms with van der Waals surface area (Å²) in [5, 5.41) is 14.1. The van der Waals surface area contributed by atoms with Crippen LogP contribution in [0.1, 0.15) is 12.5 Å². The Kier molecular flexibility index (Phi) is 9.54. The van der Waals surface area contributed by atoms with E-state index in [0.717, 1.165) is 36.6 Å². The number of hydrogen-bond acceptors (Lipinski definition) is 4. The van der Waals surface area contributed by atoms with Gasteiger partial charge in [-0.2, -0.15) is 13.2 Å². The molecule has 1 saturated heterocycles. The molecule has 27 heavy (non-hydrogen) atoms. The zero-order valence-electron chi connectivity index (χ0n) is 14.9. The Morgan fingerprint density at radius 1 is 1.37 bits per heavy atom. The second-order valence-corrected chi connectivity index (χ2v) is 6.34. The highest BCUT2D eigenvalue weighted by Gasteiger charge is 2.38. The molecule has 1 heterocycles. The molecular weight excluding hydrogens is 387 g/mol. The molecule has 0 aliphatic carbocycles. The van der Waals surface area contributed by atoms with Gasteiger partial charge in [0, 0.05) is 30.7 Å². The minimum absolute atomic E-state index is 0.0979. The van der Waals surface area contributed by atoms with Gasteiger partial charge < -0.3 is 15.7 Å². The summed E-state index contributed by atoms with van der Waals surface area (Å²) in [5.74, 6) is -2.66. The van der Waals surface area contributed by atoms with Gasteiger partial charge in [0.15, 0.2) is 0 Å². The minimum atomic E-state index is -5.08. The van der Waals surface area contributed by atoms with Gasteiger partial charge in [0.25, 0.3) is 0 Å². The van der Waals surface area contributed by atoms with Gasteiger partial charge in [-0.25, -0.2) is 4.79 Å². The third kappa shape index (κ3) is 9.07. The number of rotatable bonds is 7. The van der Waals surface area contributed by atoms with Crippen LogP contribution in [0.5, 0.6) is 0 Å². The van der Waals surface area contributed by atoms with Gasteiger partial charge in [-0.1, -0.05) is 30.7 Å². The largest absolute Gasteiger partial charge is 0.490 e. The van der Waals surface area contributed by atoms with Gasteiger partial charge in [-0.3, -0.25) is 9.69 Å². The van der Waals surface area contributed by atoms with E-state index in [1.165, 1.54) is 0 Å². The summed E-state index contributed by atoms with van der Waals surface area (Å²) in [6.45, 7) is 6.12. The topological polar surface area (TPSA) is 81.7 Å². The van der Waals surface area contributed by atoms with Crippen molar-refractivity contribution in [3.63, 3.8) is 0 Å². The molecule has 6 nitrogen and oxygen atoms in total. The first kappa shape index (κ1) is 23.2. The predicted octanol–water partition coefficient (Wildman–Crippen LogP) is 1.93. The van der Waals surface area contributed by atoms with Crippen molar-refractivity contribution < 1.29 is 27.9 Å². The number of amides is 1. The van der Waals surface area contributed by atoms with Crippen molar-refractivity contribution in [2.75, 3.05) is 32.7 Å². The van der Waals surface area contributed by atoms with E-state index in [4.69, 9.17) is 21.5 Å². The summed E-state index contributed by atoms with van der Waals surface area (Å²) >= 11 is 5.93. The maximum absolute atomic E-state index is 11.9. The molecule has 1 aliphatic rings. The molecule has 0 aromatic heterocycles.